The van der Waals surface area contributed by atoms with Crippen LogP contribution in [0.3, 0.4) is 0 Å². The van der Waals surface area contributed by atoms with E-state index in [2.05, 4.69) is 98.5 Å². The first-order chi connectivity index (χ1) is 24.1. The maximum Gasteiger partial charge on any atom is 0.408 e. The Labute approximate surface area is 308 Å². The smallest absolute Gasteiger partial charge is 0.408 e. The molecule has 2 aliphatic rings. The number of aromatic nitrogens is 4. The van der Waals surface area contributed by atoms with E-state index < -0.39 is 23.4 Å². The van der Waals surface area contributed by atoms with Gasteiger partial charge >= 0.3 is 12.2 Å². The van der Waals surface area contributed by atoms with Gasteiger partial charge in [0.2, 0.25) is 0 Å². The lowest BCUT2D eigenvalue weighted by molar-refractivity contribution is 0.0448. The van der Waals surface area contributed by atoms with Crippen molar-refractivity contribution in [3.63, 3.8) is 0 Å². The molecule has 6 rings (SSSR count). The molecular formula is C42H56N6O4. The Hall–Kier alpha value is -4.60. The number of ether oxygens (including phenoxy) is 2. The number of hydrogen-bond donors (Lipinski definition) is 4. The number of amides is 2. The minimum atomic E-state index is -0.590. The third-order valence-electron chi connectivity index (χ3n) is 9.54. The number of hydrogen-bond acceptors (Lipinski definition) is 6. The lowest BCUT2D eigenvalue weighted by Gasteiger charge is -2.31. The second-order valence-corrected chi connectivity index (χ2v) is 18.5. The third kappa shape index (κ3) is 8.06. The van der Waals surface area contributed by atoms with Crippen molar-refractivity contribution >= 4 is 12.2 Å². The highest BCUT2D eigenvalue weighted by Gasteiger charge is 2.35. The fourth-order valence-electron chi connectivity index (χ4n) is 7.13. The fraction of sp³-hybridized carbons (Fsp3) is 0.524. The molecule has 0 saturated carbocycles. The number of imidazole rings is 2. The Morgan fingerprint density at radius 1 is 0.596 bits per heavy atom. The average Bonchev–Trinajstić information content (AvgIpc) is 3.64. The van der Waals surface area contributed by atoms with E-state index in [9.17, 15) is 9.59 Å². The van der Waals surface area contributed by atoms with Crippen LogP contribution in [0.1, 0.15) is 129 Å². The Morgan fingerprint density at radius 3 is 1.29 bits per heavy atom. The molecule has 4 N–H and O–H groups in total. The lowest BCUT2D eigenvalue weighted by atomic mass is 9.86. The molecule has 2 aromatic heterocycles. The number of carbonyl (C=O) groups is 2. The van der Waals surface area contributed by atoms with Gasteiger partial charge in [-0.25, -0.2) is 19.6 Å². The quantitative estimate of drug-likeness (QED) is 0.163. The van der Waals surface area contributed by atoms with E-state index in [1.54, 1.807) is 0 Å². The summed E-state index contributed by atoms with van der Waals surface area (Å²) >= 11 is 0. The SMILES string of the molecule is CC(C)(C)OC(=O)NC(c1nc2c([nH]1)-c1ccc(-c3ccc4c(c3)CCc3nc(C(NC(=O)OC(C)(C)C)C(C)(C)C)[nH]c3-4)cc1CC2)C(C)(C)C. The van der Waals surface area contributed by atoms with Crippen molar-refractivity contribution in [3.8, 4) is 33.6 Å². The third-order valence-corrected chi connectivity index (χ3v) is 9.54. The molecule has 2 unspecified atom stereocenters. The highest BCUT2D eigenvalue weighted by molar-refractivity contribution is 5.78. The number of rotatable bonds is 5. The molecule has 0 saturated heterocycles. The molecule has 10 heteroatoms. The molecule has 0 radical (unpaired) electrons. The molecule has 2 aliphatic carbocycles. The molecule has 278 valence electrons. The molecular weight excluding hydrogens is 652 g/mol. The van der Waals surface area contributed by atoms with Gasteiger partial charge < -0.3 is 30.1 Å². The van der Waals surface area contributed by atoms with Crippen LogP contribution in [0.2, 0.25) is 0 Å². The summed E-state index contributed by atoms with van der Waals surface area (Å²) in [5.41, 5.74) is 9.52. The van der Waals surface area contributed by atoms with Gasteiger partial charge in [-0.3, -0.25) is 0 Å². The number of carbonyl (C=O) groups excluding carboxylic acids is 2. The van der Waals surface area contributed by atoms with Gasteiger partial charge in [0.25, 0.3) is 0 Å². The summed E-state index contributed by atoms with van der Waals surface area (Å²) in [6.45, 7) is 23.7. The lowest BCUT2D eigenvalue weighted by Crippen LogP contribution is -2.40. The van der Waals surface area contributed by atoms with Gasteiger partial charge in [-0.2, -0.15) is 0 Å². The Morgan fingerprint density at radius 2 is 0.962 bits per heavy atom. The van der Waals surface area contributed by atoms with E-state index in [1.165, 1.54) is 22.3 Å². The maximum atomic E-state index is 12.8. The summed E-state index contributed by atoms with van der Waals surface area (Å²) in [4.78, 5) is 42.8. The number of nitrogens with one attached hydrogen (secondary N) is 4. The average molecular weight is 709 g/mol. The first-order valence-corrected chi connectivity index (χ1v) is 18.5. The van der Waals surface area contributed by atoms with Gasteiger partial charge in [-0.05, 0) is 100 Å². The van der Waals surface area contributed by atoms with Crippen molar-refractivity contribution in [2.24, 2.45) is 10.8 Å². The summed E-state index contributed by atoms with van der Waals surface area (Å²) in [6, 6.07) is 12.7. The number of benzene rings is 2. The molecule has 2 atom stereocenters. The molecule has 0 aliphatic heterocycles. The zero-order valence-corrected chi connectivity index (χ0v) is 33.0. The first kappa shape index (κ1) is 37.2. The van der Waals surface area contributed by atoms with Crippen LogP contribution >= 0.6 is 0 Å². The minimum absolute atomic E-state index is 0.291. The monoisotopic (exact) mass is 708 g/mol. The summed E-state index contributed by atoms with van der Waals surface area (Å²) in [6.07, 6.45) is 2.50. The van der Waals surface area contributed by atoms with Crippen LogP contribution in [0.4, 0.5) is 9.59 Å². The number of alkyl carbamates (subject to hydrolysis) is 2. The van der Waals surface area contributed by atoms with Crippen LogP contribution in [0.15, 0.2) is 36.4 Å². The molecule has 2 amide bonds. The molecule has 0 spiro atoms. The summed E-state index contributed by atoms with van der Waals surface area (Å²) < 4.78 is 11.2. The van der Waals surface area contributed by atoms with Crippen molar-refractivity contribution in [2.45, 2.75) is 132 Å². The number of H-pyrrole nitrogens is 2. The van der Waals surface area contributed by atoms with Gasteiger partial charge in [-0.1, -0.05) is 77.9 Å². The van der Waals surface area contributed by atoms with E-state index in [0.29, 0.717) is 0 Å². The molecule has 52 heavy (non-hydrogen) atoms. The number of fused-ring (bicyclic) bond motifs is 6. The topological polar surface area (TPSA) is 134 Å². The van der Waals surface area contributed by atoms with Gasteiger partial charge in [0.1, 0.15) is 22.9 Å². The largest absolute Gasteiger partial charge is 0.444 e. The second-order valence-electron chi connectivity index (χ2n) is 18.5. The fourth-order valence-corrected chi connectivity index (χ4v) is 7.13. The number of aryl methyl sites for hydroxylation is 4. The Kier molecular flexibility index (Phi) is 9.37. The van der Waals surface area contributed by atoms with Crippen molar-refractivity contribution in [2.75, 3.05) is 0 Å². The minimum Gasteiger partial charge on any atom is -0.444 e. The Balaban J connectivity index is 1.25. The summed E-state index contributed by atoms with van der Waals surface area (Å²) in [7, 11) is 0. The van der Waals surface area contributed by atoms with E-state index in [0.717, 1.165) is 71.2 Å². The van der Waals surface area contributed by atoms with Crippen LogP contribution < -0.4 is 10.6 Å². The highest BCUT2D eigenvalue weighted by atomic mass is 16.6. The van der Waals surface area contributed by atoms with Crippen LogP contribution in [0.5, 0.6) is 0 Å². The van der Waals surface area contributed by atoms with Crippen molar-refractivity contribution in [3.05, 3.63) is 70.6 Å². The molecule has 2 aromatic carbocycles. The number of aromatic amines is 2. The highest BCUT2D eigenvalue weighted by Crippen LogP contribution is 2.41. The van der Waals surface area contributed by atoms with Crippen LogP contribution in [0, 0.1) is 10.8 Å². The molecule has 0 bridgehead atoms. The van der Waals surface area contributed by atoms with Crippen molar-refractivity contribution in [1.82, 2.24) is 30.6 Å². The number of nitrogens with zero attached hydrogens (tertiary/aromatic N) is 2. The van der Waals surface area contributed by atoms with Crippen LogP contribution in [0.25, 0.3) is 33.6 Å². The van der Waals surface area contributed by atoms with E-state index >= 15 is 0 Å². The van der Waals surface area contributed by atoms with Gasteiger partial charge in [0.05, 0.1) is 34.9 Å². The zero-order valence-electron chi connectivity index (χ0n) is 33.0. The normalized spacial score (nSPS) is 15.4. The predicted octanol–water partition coefficient (Wildman–Crippen LogP) is 9.55. The molecule has 10 nitrogen and oxygen atoms in total. The first-order valence-electron chi connectivity index (χ1n) is 18.5. The Bertz CT molecular complexity index is 1850. The summed E-state index contributed by atoms with van der Waals surface area (Å²) in [5, 5.41) is 6.14. The van der Waals surface area contributed by atoms with E-state index in [-0.39, 0.29) is 22.9 Å². The molecule has 2 heterocycles. The van der Waals surface area contributed by atoms with E-state index in [1.807, 2.05) is 41.5 Å². The summed E-state index contributed by atoms with van der Waals surface area (Å²) in [5.74, 6) is 1.48. The van der Waals surface area contributed by atoms with Crippen molar-refractivity contribution in [1.29, 1.82) is 0 Å². The predicted molar refractivity (Wildman–Crippen MR) is 205 cm³/mol. The second kappa shape index (κ2) is 13.1. The van der Waals surface area contributed by atoms with Gasteiger partial charge in [0, 0.05) is 11.1 Å². The zero-order chi connectivity index (χ0) is 38.0. The van der Waals surface area contributed by atoms with E-state index in [4.69, 9.17) is 19.4 Å². The van der Waals surface area contributed by atoms with Crippen molar-refractivity contribution < 1.29 is 19.1 Å². The van der Waals surface area contributed by atoms with Crippen LogP contribution in [-0.4, -0.2) is 43.3 Å². The molecule has 4 aromatic rings. The maximum absolute atomic E-state index is 12.8. The standard InChI is InChI=1S/C42H56N6O4/c1-39(2,3)33(47-37(49)51-41(7,8)9)35-43-29-19-15-25-21-23(13-17-27(25)31(29)45-35)24-14-18-28-26(22-24)16-20-30-32(28)46-36(44-30)34(40(4,5)6)48-38(50)52-42(10,11)12/h13-14,17-18,21-22,33-34H,15-16,19-20H2,1-12H3,(H,43,45)(H,44,46)(H,47,49)(H,48,50). The van der Waals surface area contributed by atoms with Gasteiger partial charge in [-0.15, -0.1) is 0 Å². The molecule has 0 fully saturated rings. The van der Waals surface area contributed by atoms with Gasteiger partial charge in [0.15, 0.2) is 0 Å². The van der Waals surface area contributed by atoms with Crippen LogP contribution in [-0.2, 0) is 35.2 Å².